The van der Waals surface area contributed by atoms with Crippen LogP contribution in [0.15, 0.2) is 271 Å². The second-order valence-corrected chi connectivity index (χ2v) is 17.7. The van der Waals surface area contributed by atoms with Crippen molar-refractivity contribution in [2.45, 2.75) is 0 Å². The molecule has 0 amide bonds. The van der Waals surface area contributed by atoms with Crippen LogP contribution in [0.5, 0.6) is 0 Å². The van der Waals surface area contributed by atoms with Gasteiger partial charge in [0, 0.05) is 44.2 Å². The zero-order chi connectivity index (χ0) is 45.7. The van der Waals surface area contributed by atoms with Gasteiger partial charge in [-0.25, -0.2) is 0 Å². The molecule has 0 spiro atoms. The maximum absolute atomic E-state index is 6.20. The zero-order valence-corrected chi connectivity index (χ0v) is 37.7. The molecule has 13 aromatic rings. The van der Waals surface area contributed by atoms with Crippen LogP contribution < -0.4 is 4.90 Å². The lowest BCUT2D eigenvalue weighted by atomic mass is 9.96. The van der Waals surface area contributed by atoms with Gasteiger partial charge in [0.05, 0.1) is 16.7 Å². The molecule has 0 aliphatic rings. The third-order valence-corrected chi connectivity index (χ3v) is 13.6. The van der Waals surface area contributed by atoms with Crippen LogP contribution in [0.3, 0.4) is 0 Å². The molecule has 2 heterocycles. The van der Waals surface area contributed by atoms with Crippen LogP contribution in [0.25, 0.3) is 105 Å². The summed E-state index contributed by atoms with van der Waals surface area (Å²) in [7, 11) is 0. The average molecular weight is 881 g/mol. The van der Waals surface area contributed by atoms with Crippen molar-refractivity contribution in [3.05, 3.63) is 267 Å². The van der Waals surface area contributed by atoms with E-state index in [1.54, 1.807) is 0 Å². The second kappa shape index (κ2) is 16.9. The highest BCUT2D eigenvalue weighted by Gasteiger charge is 2.19. The molecule has 11 aromatic carbocycles. The minimum absolute atomic E-state index is 0.907. The van der Waals surface area contributed by atoms with Gasteiger partial charge in [0.25, 0.3) is 0 Å². The lowest BCUT2D eigenvalue weighted by Crippen LogP contribution is -2.11. The van der Waals surface area contributed by atoms with Crippen molar-refractivity contribution in [3.8, 4) is 61.3 Å². The summed E-state index contributed by atoms with van der Waals surface area (Å²) in [6.45, 7) is 0. The topological polar surface area (TPSA) is 21.3 Å². The summed E-state index contributed by atoms with van der Waals surface area (Å²) < 4.78 is 8.58. The summed E-state index contributed by atoms with van der Waals surface area (Å²) in [6.07, 6.45) is 0. The maximum atomic E-state index is 6.20. The van der Waals surface area contributed by atoms with E-state index in [1.807, 2.05) is 12.1 Å². The zero-order valence-electron chi connectivity index (χ0n) is 37.7. The predicted molar refractivity (Wildman–Crippen MR) is 290 cm³/mol. The predicted octanol–water partition coefficient (Wildman–Crippen LogP) is 18.5. The summed E-state index contributed by atoms with van der Waals surface area (Å²) in [6, 6.07) is 96.0. The van der Waals surface area contributed by atoms with Crippen molar-refractivity contribution < 1.29 is 4.42 Å². The molecule has 0 radical (unpaired) electrons. The monoisotopic (exact) mass is 880 g/mol. The van der Waals surface area contributed by atoms with Gasteiger partial charge in [-0.1, -0.05) is 200 Å². The Balaban J connectivity index is 0.810. The number of hydrogen-bond donors (Lipinski definition) is 0. The van der Waals surface area contributed by atoms with Crippen molar-refractivity contribution in [1.29, 1.82) is 0 Å². The standard InChI is InChI=1S/C66H44N2O/c1-2-14-50(15-3-1)56-18-4-8-23-61(56)67(54-42-38-48(39-43-54)46-32-34-51(35-33-46)57-22-13-27-65-66(57)60-21-7-11-26-64(60)69-65)53-40-36-47(37-41-53)45-28-30-49(31-29-45)52-16-12-17-55(44-52)68-62-24-9-5-19-58(62)59-20-6-10-25-63(59)68/h1-44H. The smallest absolute Gasteiger partial charge is 0.136 e. The van der Waals surface area contributed by atoms with Crippen molar-refractivity contribution in [2.75, 3.05) is 4.90 Å². The molecule has 0 saturated carbocycles. The van der Waals surface area contributed by atoms with Crippen molar-refractivity contribution in [3.63, 3.8) is 0 Å². The molecule has 0 atom stereocenters. The Hall–Kier alpha value is -9.18. The molecule has 3 heteroatoms. The minimum atomic E-state index is 0.907. The van der Waals surface area contributed by atoms with E-state index < -0.39 is 0 Å². The number of aromatic nitrogens is 1. The Bertz CT molecular complexity index is 3920. The minimum Gasteiger partial charge on any atom is -0.456 e. The fourth-order valence-electron chi connectivity index (χ4n) is 10.3. The molecule has 0 fully saturated rings. The first-order valence-corrected chi connectivity index (χ1v) is 23.6. The van der Waals surface area contributed by atoms with E-state index in [4.69, 9.17) is 4.42 Å². The van der Waals surface area contributed by atoms with E-state index >= 15 is 0 Å². The number of fused-ring (bicyclic) bond motifs is 6. The average Bonchev–Trinajstić information content (AvgIpc) is 3.98. The van der Waals surface area contributed by atoms with E-state index in [9.17, 15) is 0 Å². The number of benzene rings is 11. The Morgan fingerprint density at radius 2 is 0.725 bits per heavy atom. The molecule has 0 unspecified atom stereocenters. The number of para-hydroxylation sites is 4. The third-order valence-electron chi connectivity index (χ3n) is 13.6. The van der Waals surface area contributed by atoms with Gasteiger partial charge in [-0.15, -0.1) is 0 Å². The van der Waals surface area contributed by atoms with Gasteiger partial charge in [0.15, 0.2) is 0 Å². The van der Waals surface area contributed by atoms with Crippen LogP contribution in [-0.2, 0) is 0 Å². The normalized spacial score (nSPS) is 11.5. The highest BCUT2D eigenvalue weighted by molar-refractivity contribution is 6.12. The molecule has 0 saturated heterocycles. The Kier molecular flexibility index (Phi) is 9.84. The van der Waals surface area contributed by atoms with E-state index in [-0.39, 0.29) is 0 Å². The van der Waals surface area contributed by atoms with Crippen LogP contribution in [0.1, 0.15) is 0 Å². The van der Waals surface area contributed by atoms with E-state index in [1.165, 1.54) is 55.2 Å². The molecule has 69 heavy (non-hydrogen) atoms. The molecule has 0 N–H and O–H groups in total. The third kappa shape index (κ3) is 7.16. The summed E-state index contributed by atoms with van der Waals surface area (Å²) in [5, 5.41) is 4.83. The van der Waals surface area contributed by atoms with Crippen LogP contribution in [0.2, 0.25) is 0 Å². The summed E-state index contributed by atoms with van der Waals surface area (Å²) in [5.41, 5.74) is 20.4. The van der Waals surface area contributed by atoms with Gasteiger partial charge in [-0.2, -0.15) is 0 Å². The first kappa shape index (κ1) is 40.1. The van der Waals surface area contributed by atoms with Gasteiger partial charge < -0.3 is 13.9 Å². The Morgan fingerprint density at radius 1 is 0.290 bits per heavy atom. The fourth-order valence-corrected chi connectivity index (χ4v) is 10.3. The molecule has 0 aliphatic heterocycles. The van der Waals surface area contributed by atoms with E-state index in [0.717, 1.165) is 66.9 Å². The second-order valence-electron chi connectivity index (χ2n) is 17.7. The number of hydrogen-bond acceptors (Lipinski definition) is 2. The highest BCUT2D eigenvalue weighted by atomic mass is 16.3. The number of rotatable bonds is 9. The van der Waals surface area contributed by atoms with Crippen LogP contribution in [0.4, 0.5) is 17.1 Å². The van der Waals surface area contributed by atoms with Crippen molar-refractivity contribution in [1.82, 2.24) is 4.57 Å². The van der Waals surface area contributed by atoms with Gasteiger partial charge in [-0.05, 0) is 117 Å². The molecule has 0 aliphatic carbocycles. The molecule has 324 valence electrons. The first-order valence-electron chi connectivity index (χ1n) is 23.6. The fraction of sp³-hybridized carbons (Fsp3) is 0. The summed E-state index contributed by atoms with van der Waals surface area (Å²) >= 11 is 0. The van der Waals surface area contributed by atoms with Gasteiger partial charge in [0.1, 0.15) is 11.2 Å². The van der Waals surface area contributed by atoms with Gasteiger partial charge in [-0.3, -0.25) is 0 Å². The van der Waals surface area contributed by atoms with Crippen molar-refractivity contribution >= 4 is 60.8 Å². The van der Waals surface area contributed by atoms with Gasteiger partial charge >= 0.3 is 0 Å². The molecule has 2 aromatic heterocycles. The van der Waals surface area contributed by atoms with Crippen LogP contribution in [-0.4, -0.2) is 4.57 Å². The SMILES string of the molecule is c1ccc(-c2ccccc2N(c2ccc(-c3ccc(-c4cccc(-n5c6ccccc6c6ccccc65)c4)cc3)cc2)c2ccc(-c3ccc(-c4cccc5oc6ccccc6c45)cc3)cc2)cc1. The van der Waals surface area contributed by atoms with E-state index in [2.05, 4.69) is 264 Å². The Morgan fingerprint density at radius 3 is 1.36 bits per heavy atom. The molecular weight excluding hydrogens is 837 g/mol. The van der Waals surface area contributed by atoms with Crippen LogP contribution >= 0.6 is 0 Å². The molecule has 3 nitrogen and oxygen atoms in total. The van der Waals surface area contributed by atoms with E-state index in [0.29, 0.717) is 0 Å². The molecule has 13 rings (SSSR count). The summed E-state index contributed by atoms with van der Waals surface area (Å²) in [4.78, 5) is 2.38. The Labute approximate surface area is 401 Å². The largest absolute Gasteiger partial charge is 0.456 e. The number of anilines is 3. The summed E-state index contributed by atoms with van der Waals surface area (Å²) in [5.74, 6) is 0. The maximum Gasteiger partial charge on any atom is 0.136 e. The molecule has 0 bridgehead atoms. The van der Waals surface area contributed by atoms with Gasteiger partial charge in [0.2, 0.25) is 0 Å². The highest BCUT2D eigenvalue weighted by Crippen LogP contribution is 2.43. The van der Waals surface area contributed by atoms with Crippen LogP contribution in [0, 0.1) is 0 Å². The lowest BCUT2D eigenvalue weighted by molar-refractivity contribution is 0.669. The number of nitrogens with zero attached hydrogens (tertiary/aromatic N) is 2. The molecular formula is C66H44N2O. The lowest BCUT2D eigenvalue weighted by Gasteiger charge is -2.28. The first-order chi connectivity index (χ1) is 34.2. The van der Waals surface area contributed by atoms with Crippen molar-refractivity contribution in [2.24, 2.45) is 0 Å². The number of furan rings is 1. The quantitative estimate of drug-likeness (QED) is 0.144.